The van der Waals surface area contributed by atoms with Crippen molar-refractivity contribution in [3.8, 4) is 5.88 Å². The highest BCUT2D eigenvalue weighted by Crippen LogP contribution is 2.28. The van der Waals surface area contributed by atoms with Crippen molar-refractivity contribution in [2.75, 3.05) is 20.3 Å². The number of amides is 1. The van der Waals surface area contributed by atoms with Gasteiger partial charge < -0.3 is 18.9 Å². The largest absolute Gasteiger partial charge is 0.475 e. The summed E-state index contributed by atoms with van der Waals surface area (Å²) in [6, 6.07) is 0. The molecule has 18 heavy (non-hydrogen) atoms. The summed E-state index contributed by atoms with van der Waals surface area (Å²) in [6.45, 7) is 5.72. The zero-order chi connectivity index (χ0) is 13.1. The zero-order valence-corrected chi connectivity index (χ0v) is 10.9. The van der Waals surface area contributed by atoms with E-state index >= 15 is 0 Å². The minimum Gasteiger partial charge on any atom is -0.475 e. The molecule has 1 amide bonds. The smallest absolute Gasteiger partial charge is 0.409 e. The van der Waals surface area contributed by atoms with E-state index in [-0.39, 0.29) is 6.09 Å². The van der Waals surface area contributed by atoms with Crippen LogP contribution in [0.15, 0.2) is 4.52 Å². The Morgan fingerprint density at radius 3 is 3.00 bits per heavy atom. The van der Waals surface area contributed by atoms with Crippen molar-refractivity contribution in [3.05, 3.63) is 11.3 Å². The van der Waals surface area contributed by atoms with E-state index in [1.165, 1.54) is 7.11 Å². The minimum atomic E-state index is -0.336. The van der Waals surface area contributed by atoms with E-state index in [2.05, 4.69) is 19.0 Å². The topological polar surface area (TPSA) is 64.8 Å². The highest BCUT2D eigenvalue weighted by atomic mass is 16.5. The van der Waals surface area contributed by atoms with Crippen LogP contribution in [0.5, 0.6) is 5.88 Å². The molecule has 2 heterocycles. The fourth-order valence-electron chi connectivity index (χ4n) is 1.83. The fourth-order valence-corrected chi connectivity index (χ4v) is 1.83. The molecule has 0 fully saturated rings. The van der Waals surface area contributed by atoms with Crippen LogP contribution in [0.3, 0.4) is 0 Å². The van der Waals surface area contributed by atoms with Crippen LogP contribution in [0.1, 0.15) is 25.2 Å². The number of ether oxygens (including phenoxy) is 2. The van der Waals surface area contributed by atoms with Gasteiger partial charge in [0.15, 0.2) is 0 Å². The molecule has 0 atom stereocenters. The third-order valence-electron chi connectivity index (χ3n) is 2.78. The number of aromatic nitrogens is 1. The maximum Gasteiger partial charge on any atom is 0.409 e. The van der Waals surface area contributed by atoms with Crippen LogP contribution in [0.2, 0.25) is 0 Å². The molecule has 1 aliphatic heterocycles. The molecular weight excluding hydrogens is 236 g/mol. The summed E-state index contributed by atoms with van der Waals surface area (Å²) in [7, 11) is 1.38. The summed E-state index contributed by atoms with van der Waals surface area (Å²) in [5, 5.41) is 3.91. The Labute approximate surface area is 106 Å². The average molecular weight is 254 g/mol. The highest BCUT2D eigenvalue weighted by molar-refractivity contribution is 5.68. The second-order valence-electron chi connectivity index (χ2n) is 4.74. The second-order valence-corrected chi connectivity index (χ2v) is 4.74. The monoisotopic (exact) mass is 254 g/mol. The molecule has 0 aliphatic carbocycles. The Hall–Kier alpha value is -1.72. The van der Waals surface area contributed by atoms with E-state index in [4.69, 9.17) is 14.0 Å². The SMILES string of the molecule is COC(=O)N1CCc2onc(OCC(C)C)c2C1. The molecule has 0 N–H and O–H groups in total. The fraction of sp³-hybridized carbons (Fsp3) is 0.667. The third kappa shape index (κ3) is 2.57. The molecule has 6 heteroatoms. The lowest BCUT2D eigenvalue weighted by Gasteiger charge is -2.24. The number of carbonyl (C=O) groups excluding carboxylic acids is 1. The summed E-state index contributed by atoms with van der Waals surface area (Å²) in [5.74, 6) is 1.71. The number of nitrogens with zero attached hydrogens (tertiary/aromatic N) is 2. The van der Waals surface area contributed by atoms with Gasteiger partial charge in [0.25, 0.3) is 5.88 Å². The molecule has 100 valence electrons. The van der Waals surface area contributed by atoms with E-state index in [0.29, 0.717) is 37.9 Å². The minimum absolute atomic E-state index is 0.336. The predicted octanol–water partition coefficient (Wildman–Crippen LogP) is 1.83. The molecule has 0 spiro atoms. The Balaban J connectivity index is 2.09. The van der Waals surface area contributed by atoms with E-state index in [1.807, 2.05) is 0 Å². The first kappa shape index (κ1) is 12.7. The normalized spacial score (nSPS) is 14.6. The molecule has 1 aromatic heterocycles. The van der Waals surface area contributed by atoms with Gasteiger partial charge in [-0.25, -0.2) is 4.79 Å². The number of rotatable bonds is 3. The molecule has 2 rings (SSSR count). The van der Waals surface area contributed by atoms with Crippen molar-refractivity contribution >= 4 is 6.09 Å². The first-order valence-electron chi connectivity index (χ1n) is 6.05. The van der Waals surface area contributed by atoms with Crippen LogP contribution in [0.25, 0.3) is 0 Å². The number of fused-ring (bicyclic) bond motifs is 1. The van der Waals surface area contributed by atoms with Gasteiger partial charge in [-0.15, -0.1) is 0 Å². The van der Waals surface area contributed by atoms with Crippen LogP contribution in [0.4, 0.5) is 4.79 Å². The van der Waals surface area contributed by atoms with Gasteiger partial charge in [0, 0.05) is 13.0 Å². The second kappa shape index (κ2) is 5.29. The van der Waals surface area contributed by atoms with Crippen LogP contribution in [0, 0.1) is 5.92 Å². The zero-order valence-electron chi connectivity index (χ0n) is 10.9. The number of carbonyl (C=O) groups is 1. The number of methoxy groups -OCH3 is 1. The van der Waals surface area contributed by atoms with Gasteiger partial charge in [-0.1, -0.05) is 13.8 Å². The molecule has 0 saturated heterocycles. The van der Waals surface area contributed by atoms with Crippen molar-refractivity contribution in [1.82, 2.24) is 10.1 Å². The summed E-state index contributed by atoms with van der Waals surface area (Å²) >= 11 is 0. The quantitative estimate of drug-likeness (QED) is 0.823. The predicted molar refractivity (Wildman–Crippen MR) is 63.4 cm³/mol. The Kier molecular flexibility index (Phi) is 3.74. The molecule has 0 radical (unpaired) electrons. The summed E-state index contributed by atoms with van der Waals surface area (Å²) in [5.41, 5.74) is 0.854. The van der Waals surface area contributed by atoms with Crippen molar-refractivity contribution in [2.24, 2.45) is 5.92 Å². The summed E-state index contributed by atoms with van der Waals surface area (Å²) < 4.78 is 15.5. The van der Waals surface area contributed by atoms with Gasteiger partial charge in [-0.2, -0.15) is 0 Å². The molecular formula is C12H18N2O4. The molecule has 1 aliphatic rings. The van der Waals surface area contributed by atoms with Crippen LogP contribution in [-0.2, 0) is 17.7 Å². The van der Waals surface area contributed by atoms with Gasteiger partial charge in [0.1, 0.15) is 5.76 Å². The van der Waals surface area contributed by atoms with Crippen molar-refractivity contribution in [1.29, 1.82) is 0 Å². The van der Waals surface area contributed by atoms with Gasteiger partial charge in [0.2, 0.25) is 0 Å². The average Bonchev–Trinajstić information content (AvgIpc) is 2.77. The van der Waals surface area contributed by atoms with Crippen molar-refractivity contribution < 1.29 is 18.8 Å². The van der Waals surface area contributed by atoms with Crippen LogP contribution in [-0.4, -0.2) is 36.4 Å². The van der Waals surface area contributed by atoms with Crippen molar-refractivity contribution in [3.63, 3.8) is 0 Å². The Morgan fingerprint density at radius 1 is 1.56 bits per heavy atom. The van der Waals surface area contributed by atoms with E-state index in [0.717, 1.165) is 11.3 Å². The van der Waals surface area contributed by atoms with E-state index < -0.39 is 0 Å². The lowest BCUT2D eigenvalue weighted by Crippen LogP contribution is -2.35. The van der Waals surface area contributed by atoms with Crippen LogP contribution >= 0.6 is 0 Å². The first-order chi connectivity index (χ1) is 8.61. The molecule has 1 aromatic rings. The van der Waals surface area contributed by atoms with Gasteiger partial charge in [0.05, 0.1) is 25.8 Å². The highest BCUT2D eigenvalue weighted by Gasteiger charge is 2.28. The van der Waals surface area contributed by atoms with Crippen LogP contribution < -0.4 is 4.74 Å². The third-order valence-corrected chi connectivity index (χ3v) is 2.78. The maximum atomic E-state index is 11.5. The Morgan fingerprint density at radius 2 is 2.33 bits per heavy atom. The molecule has 0 saturated carbocycles. The first-order valence-corrected chi connectivity index (χ1v) is 6.05. The Bertz CT molecular complexity index is 428. The molecule has 6 nitrogen and oxygen atoms in total. The molecule has 0 bridgehead atoms. The summed E-state index contributed by atoms with van der Waals surface area (Å²) in [6.07, 6.45) is 0.305. The number of hydrogen-bond donors (Lipinski definition) is 0. The van der Waals surface area contributed by atoms with Gasteiger partial charge >= 0.3 is 6.09 Å². The molecule has 0 aromatic carbocycles. The van der Waals surface area contributed by atoms with Gasteiger partial charge in [-0.05, 0) is 11.1 Å². The van der Waals surface area contributed by atoms with Gasteiger partial charge in [-0.3, -0.25) is 0 Å². The van der Waals surface area contributed by atoms with Crippen molar-refractivity contribution in [2.45, 2.75) is 26.8 Å². The molecule has 0 unspecified atom stereocenters. The lowest BCUT2D eigenvalue weighted by molar-refractivity contribution is 0.116. The maximum absolute atomic E-state index is 11.5. The standard InChI is InChI=1S/C12H18N2O4/c1-8(2)7-17-11-9-6-14(12(15)16-3)5-4-10(9)18-13-11/h8H,4-7H2,1-3H3. The van der Waals surface area contributed by atoms with E-state index in [1.54, 1.807) is 4.90 Å². The summed E-state index contributed by atoms with van der Waals surface area (Å²) in [4.78, 5) is 13.1. The number of hydrogen-bond acceptors (Lipinski definition) is 5. The van der Waals surface area contributed by atoms with E-state index in [9.17, 15) is 4.79 Å². The lowest BCUT2D eigenvalue weighted by atomic mass is 10.1.